The predicted octanol–water partition coefficient (Wildman–Crippen LogP) is 10.2. The number of nitrogens with one attached hydrogen (secondary N) is 3. The molecule has 0 amide bonds. The van der Waals surface area contributed by atoms with Crippen LogP contribution in [0.3, 0.4) is 0 Å². The summed E-state index contributed by atoms with van der Waals surface area (Å²) in [6.07, 6.45) is 4.25. The molecule has 8 bridgehead atoms. The number of hydrogen-bond donors (Lipinski definition) is 3. The number of aryl methyl sites for hydroxylation is 4. The molecule has 1 atom stereocenters. The van der Waals surface area contributed by atoms with E-state index in [1.807, 2.05) is 13.8 Å². The standard InChI is InChI=1S/C52H49N4O3P/c1-7-58-60(57,59-8-2)52-40-31-47(56-52)51(39-23-15-35(6)16-24-39)46-30-29-45(55-46)50(38-21-13-34(5)14-22-38)44-28-27-43(54-44)49(37-19-11-33(4)12-20-37)42-26-25-41(53-42)48(40)36-17-9-32(3)10-18-36/h9-31,48,53,55-56H,7-8H2,1-6H3/b49-43-,50-45-,51-46-. The van der Waals surface area contributed by atoms with Gasteiger partial charge >= 0.3 is 7.60 Å². The topological polar surface area (TPSA) is 95.3 Å². The maximum absolute atomic E-state index is 15.2. The van der Waals surface area contributed by atoms with Crippen LogP contribution >= 0.6 is 7.60 Å². The molecule has 0 spiro atoms. The van der Waals surface area contributed by atoms with Crippen molar-refractivity contribution in [2.24, 2.45) is 4.99 Å². The number of nitrogens with zero attached hydrogens (tertiary/aromatic N) is 1. The van der Waals surface area contributed by atoms with Crippen molar-refractivity contribution in [2.75, 3.05) is 13.2 Å². The van der Waals surface area contributed by atoms with E-state index in [0.29, 0.717) is 5.44 Å². The van der Waals surface area contributed by atoms with Gasteiger partial charge in [0.05, 0.1) is 30.5 Å². The van der Waals surface area contributed by atoms with E-state index in [1.54, 1.807) is 0 Å². The highest BCUT2D eigenvalue weighted by molar-refractivity contribution is 7.62. The summed E-state index contributed by atoms with van der Waals surface area (Å²) in [6.45, 7) is 12.5. The molecule has 4 aromatic carbocycles. The third-order valence-corrected chi connectivity index (χ3v) is 13.5. The maximum atomic E-state index is 15.2. The van der Waals surface area contributed by atoms with Crippen LogP contribution in [0.1, 0.15) is 86.9 Å². The second kappa shape index (κ2) is 16.1. The normalized spacial score (nSPS) is 18.2. The number of benzene rings is 4. The Balaban J connectivity index is 1.45. The third kappa shape index (κ3) is 7.34. The van der Waals surface area contributed by atoms with Crippen molar-refractivity contribution in [1.29, 1.82) is 0 Å². The summed E-state index contributed by atoms with van der Waals surface area (Å²) >= 11 is 0. The molecule has 5 heterocycles. The molecule has 3 N–H and O–H groups in total. The van der Waals surface area contributed by atoms with Crippen molar-refractivity contribution in [1.82, 2.24) is 15.0 Å². The summed E-state index contributed by atoms with van der Waals surface area (Å²) in [6, 6.07) is 45.0. The van der Waals surface area contributed by atoms with Gasteiger partial charge in [-0.25, -0.2) is 4.99 Å². The molecule has 0 fully saturated rings. The molecule has 7 aromatic rings. The van der Waals surface area contributed by atoms with Gasteiger partial charge in [-0.05, 0) is 112 Å². The Bertz CT molecular complexity index is 2980. The van der Waals surface area contributed by atoms with Gasteiger partial charge in [-0.15, -0.1) is 0 Å². The monoisotopic (exact) mass is 808 g/mol. The van der Waals surface area contributed by atoms with Crippen LogP contribution in [0, 0.1) is 27.7 Å². The van der Waals surface area contributed by atoms with Gasteiger partial charge in [0.2, 0.25) is 0 Å². The number of aromatic amines is 3. The minimum Gasteiger partial charge on any atom is -0.358 e. The Labute approximate surface area is 351 Å². The van der Waals surface area contributed by atoms with Crippen LogP contribution in [0.4, 0.5) is 0 Å². The Morgan fingerprint density at radius 1 is 0.550 bits per heavy atom. The van der Waals surface area contributed by atoms with E-state index in [1.165, 1.54) is 11.1 Å². The zero-order valence-corrected chi connectivity index (χ0v) is 35.8. The van der Waals surface area contributed by atoms with Crippen molar-refractivity contribution in [3.05, 3.63) is 223 Å². The van der Waals surface area contributed by atoms with Gasteiger partial charge in [-0.2, -0.15) is 0 Å². The average molecular weight is 809 g/mol. The summed E-state index contributed by atoms with van der Waals surface area (Å²) in [4.78, 5) is 16.9. The SMILES string of the molecule is CCOP(=O)(OCC)c1[nH]c2cc1C(c1ccc(C)cc1)c1ccc([nH]1)/C(c1ccc(C)cc1)=C1/C=CC(=N1)/C(c1ccc(C)cc1)=c1/cc/c([nH]1)=C/2c1ccc(C)cc1. The van der Waals surface area contributed by atoms with E-state index in [9.17, 15) is 0 Å². The van der Waals surface area contributed by atoms with E-state index in [4.69, 9.17) is 14.0 Å². The first-order valence-corrected chi connectivity index (χ1v) is 22.2. The molecule has 0 radical (unpaired) electrons. The number of rotatable bonds is 9. The number of allylic oxidation sites excluding steroid dienone is 2. The molecule has 2 aliphatic rings. The summed E-state index contributed by atoms with van der Waals surface area (Å²) in [7, 11) is -3.88. The first-order valence-electron chi connectivity index (χ1n) is 20.7. The minimum atomic E-state index is -3.88. The lowest BCUT2D eigenvalue weighted by Crippen LogP contribution is -2.20. The summed E-state index contributed by atoms with van der Waals surface area (Å²) in [5, 5.41) is 1.81. The number of aliphatic imine (C=N–C) groups is 1. The van der Waals surface area contributed by atoms with E-state index in [2.05, 4.69) is 182 Å². The molecule has 2 aliphatic heterocycles. The van der Waals surface area contributed by atoms with Crippen molar-refractivity contribution in [3.63, 3.8) is 0 Å². The molecule has 0 saturated heterocycles. The van der Waals surface area contributed by atoms with E-state index in [0.717, 1.165) is 94.9 Å². The second-order valence-electron chi connectivity index (χ2n) is 15.7. The fourth-order valence-electron chi connectivity index (χ4n) is 8.39. The number of hydrogen-bond acceptors (Lipinski definition) is 4. The quantitative estimate of drug-likeness (QED) is 0.127. The summed E-state index contributed by atoms with van der Waals surface area (Å²) in [5.74, 6) is -0.385. The molecule has 60 heavy (non-hydrogen) atoms. The van der Waals surface area contributed by atoms with Crippen LogP contribution in [0.25, 0.3) is 16.7 Å². The molecule has 7 nitrogen and oxygen atoms in total. The van der Waals surface area contributed by atoms with Gasteiger partial charge in [0.25, 0.3) is 0 Å². The van der Waals surface area contributed by atoms with Crippen LogP contribution in [0.2, 0.25) is 0 Å². The van der Waals surface area contributed by atoms with Crippen LogP contribution in [0.15, 0.2) is 150 Å². The highest BCUT2D eigenvalue weighted by Crippen LogP contribution is 2.50. The van der Waals surface area contributed by atoms with Gasteiger partial charge < -0.3 is 24.0 Å². The van der Waals surface area contributed by atoms with E-state index >= 15 is 4.57 Å². The lowest BCUT2D eigenvalue weighted by atomic mass is 9.89. The van der Waals surface area contributed by atoms with Crippen molar-refractivity contribution in [3.8, 4) is 0 Å². The summed E-state index contributed by atoms with van der Waals surface area (Å²) in [5.41, 5.74) is 17.3. The molecule has 1 unspecified atom stereocenters. The molecule has 300 valence electrons. The molecule has 0 saturated carbocycles. The van der Waals surface area contributed by atoms with Gasteiger partial charge in [0.1, 0.15) is 5.44 Å². The maximum Gasteiger partial charge on any atom is 0.377 e. The molecular weight excluding hydrogens is 760 g/mol. The molecule has 8 heteroatoms. The fourth-order valence-corrected chi connectivity index (χ4v) is 10.2. The average Bonchev–Trinajstić information content (AvgIpc) is 4.08. The smallest absolute Gasteiger partial charge is 0.358 e. The lowest BCUT2D eigenvalue weighted by molar-refractivity contribution is 0.229. The Hall–Kier alpha value is -6.24. The highest BCUT2D eigenvalue weighted by Gasteiger charge is 2.37. The lowest BCUT2D eigenvalue weighted by Gasteiger charge is -2.22. The molecule has 9 rings (SSSR count). The van der Waals surface area contributed by atoms with Crippen LogP contribution in [-0.2, 0) is 13.6 Å². The first-order chi connectivity index (χ1) is 29.1. The molecule has 0 aliphatic carbocycles. The molecule has 3 aromatic heterocycles. The Morgan fingerprint density at radius 2 is 1.07 bits per heavy atom. The van der Waals surface area contributed by atoms with Gasteiger partial charge in [-0.1, -0.05) is 119 Å². The van der Waals surface area contributed by atoms with E-state index < -0.39 is 7.60 Å². The minimum absolute atomic E-state index is 0.211. The third-order valence-electron chi connectivity index (χ3n) is 11.4. The first kappa shape index (κ1) is 39.2. The fraction of sp³-hybridized carbons (Fsp3) is 0.173. The number of aromatic nitrogens is 3. The zero-order valence-electron chi connectivity index (χ0n) is 34.9. The highest BCUT2D eigenvalue weighted by atomic mass is 31.2. The van der Waals surface area contributed by atoms with Crippen LogP contribution in [-0.4, -0.2) is 33.9 Å². The van der Waals surface area contributed by atoms with Crippen molar-refractivity contribution >= 4 is 35.5 Å². The molecular formula is C52H49N4O3P. The Morgan fingerprint density at radius 3 is 1.63 bits per heavy atom. The van der Waals surface area contributed by atoms with Crippen LogP contribution in [0.5, 0.6) is 0 Å². The summed E-state index contributed by atoms with van der Waals surface area (Å²) < 4.78 is 27.5. The van der Waals surface area contributed by atoms with E-state index in [-0.39, 0.29) is 19.1 Å². The van der Waals surface area contributed by atoms with Gasteiger partial charge in [0, 0.05) is 44.5 Å². The van der Waals surface area contributed by atoms with Crippen molar-refractivity contribution < 1.29 is 13.6 Å². The van der Waals surface area contributed by atoms with Gasteiger partial charge in [-0.3, -0.25) is 4.57 Å². The number of H-pyrrole nitrogens is 3. The number of fused-ring (bicyclic) bond motifs is 7. The van der Waals surface area contributed by atoms with Gasteiger partial charge in [0.15, 0.2) is 0 Å². The second-order valence-corrected chi connectivity index (χ2v) is 17.7. The Kier molecular flexibility index (Phi) is 10.5. The predicted molar refractivity (Wildman–Crippen MR) is 245 cm³/mol. The van der Waals surface area contributed by atoms with Crippen molar-refractivity contribution in [2.45, 2.75) is 47.5 Å². The largest absolute Gasteiger partial charge is 0.377 e. The van der Waals surface area contributed by atoms with Crippen LogP contribution < -0.4 is 16.1 Å². The zero-order chi connectivity index (χ0) is 41.5.